The molecular formula is C17H17N7O. The first kappa shape index (κ1) is 15.1. The number of pyridine rings is 1. The molecule has 0 saturated carbocycles. The molecular weight excluding hydrogens is 318 g/mol. The molecule has 0 saturated heterocycles. The number of amides is 1. The summed E-state index contributed by atoms with van der Waals surface area (Å²) in [6, 6.07) is 11.3. The summed E-state index contributed by atoms with van der Waals surface area (Å²) in [5, 5.41) is 7.55. The van der Waals surface area contributed by atoms with Crippen molar-refractivity contribution >= 4 is 29.2 Å². The van der Waals surface area contributed by atoms with Crippen molar-refractivity contribution in [2.24, 2.45) is 0 Å². The highest BCUT2D eigenvalue weighted by molar-refractivity contribution is 5.98. The molecule has 1 aliphatic rings. The summed E-state index contributed by atoms with van der Waals surface area (Å²) in [6.07, 6.45) is 2.50. The summed E-state index contributed by atoms with van der Waals surface area (Å²) >= 11 is 0. The molecule has 0 spiro atoms. The molecule has 3 aromatic rings. The van der Waals surface area contributed by atoms with E-state index < -0.39 is 0 Å². The van der Waals surface area contributed by atoms with E-state index >= 15 is 0 Å². The quantitative estimate of drug-likeness (QED) is 0.758. The molecule has 0 fully saturated rings. The van der Waals surface area contributed by atoms with Gasteiger partial charge >= 0.3 is 0 Å². The summed E-state index contributed by atoms with van der Waals surface area (Å²) < 4.78 is 1.47. The number of carbonyl (C=O) groups is 1. The van der Waals surface area contributed by atoms with Gasteiger partial charge in [-0.15, -0.1) is 5.10 Å². The van der Waals surface area contributed by atoms with Gasteiger partial charge in [-0.1, -0.05) is 18.2 Å². The number of nitrogens with zero attached hydrogens (tertiary/aromatic N) is 5. The lowest BCUT2D eigenvalue weighted by molar-refractivity contribution is -0.116. The molecule has 1 aromatic carbocycles. The van der Waals surface area contributed by atoms with E-state index in [1.165, 1.54) is 4.68 Å². The highest BCUT2D eigenvalue weighted by atomic mass is 16.2. The number of nitrogen functional groups attached to an aromatic ring is 1. The second kappa shape index (κ2) is 5.90. The highest BCUT2D eigenvalue weighted by Crippen LogP contribution is 2.36. The Kier molecular flexibility index (Phi) is 3.57. The molecule has 1 amide bonds. The van der Waals surface area contributed by atoms with Crippen LogP contribution in [0.4, 0.5) is 23.3 Å². The lowest BCUT2D eigenvalue weighted by Gasteiger charge is -2.18. The van der Waals surface area contributed by atoms with Gasteiger partial charge in [-0.25, -0.2) is 4.98 Å². The van der Waals surface area contributed by atoms with Crippen molar-refractivity contribution in [2.75, 3.05) is 22.5 Å². The summed E-state index contributed by atoms with van der Waals surface area (Å²) in [5.74, 6) is 1.19. The molecule has 2 aromatic heterocycles. The van der Waals surface area contributed by atoms with Gasteiger partial charge in [0.05, 0.1) is 11.4 Å². The SMILES string of the molecule is CC(=O)N1CCc2cccc(Nc3nc(N)n(-c4ccccn4)n3)c21. The number of rotatable bonds is 3. The zero-order chi connectivity index (χ0) is 17.4. The average molecular weight is 335 g/mol. The molecule has 0 radical (unpaired) electrons. The van der Waals surface area contributed by atoms with Crippen LogP contribution in [0.3, 0.4) is 0 Å². The normalized spacial score (nSPS) is 12.9. The zero-order valence-electron chi connectivity index (χ0n) is 13.7. The third-order valence-electron chi connectivity index (χ3n) is 4.12. The van der Waals surface area contributed by atoms with Gasteiger partial charge in [-0.3, -0.25) is 4.79 Å². The van der Waals surface area contributed by atoms with E-state index in [9.17, 15) is 4.79 Å². The topological polar surface area (TPSA) is 102 Å². The Labute approximate surface area is 144 Å². The Bertz CT molecular complexity index is 935. The molecule has 8 nitrogen and oxygen atoms in total. The van der Waals surface area contributed by atoms with E-state index in [2.05, 4.69) is 20.4 Å². The van der Waals surface area contributed by atoms with Crippen molar-refractivity contribution in [1.29, 1.82) is 0 Å². The van der Waals surface area contributed by atoms with Crippen molar-refractivity contribution in [3.05, 3.63) is 48.2 Å². The van der Waals surface area contributed by atoms with Crippen LogP contribution in [0, 0.1) is 0 Å². The van der Waals surface area contributed by atoms with Crippen molar-refractivity contribution in [1.82, 2.24) is 19.7 Å². The molecule has 0 bridgehead atoms. The van der Waals surface area contributed by atoms with E-state index in [1.54, 1.807) is 24.1 Å². The third kappa shape index (κ3) is 2.67. The fraction of sp³-hybridized carbons (Fsp3) is 0.176. The van der Waals surface area contributed by atoms with Crippen molar-refractivity contribution in [3.8, 4) is 5.82 Å². The lowest BCUT2D eigenvalue weighted by atomic mass is 10.1. The van der Waals surface area contributed by atoms with Crippen molar-refractivity contribution < 1.29 is 4.79 Å². The Morgan fingerprint density at radius 3 is 2.88 bits per heavy atom. The molecule has 1 aliphatic heterocycles. The fourth-order valence-corrected chi connectivity index (χ4v) is 3.02. The van der Waals surface area contributed by atoms with Crippen molar-refractivity contribution in [3.63, 3.8) is 0 Å². The summed E-state index contributed by atoms with van der Waals surface area (Å²) in [6.45, 7) is 2.25. The minimum absolute atomic E-state index is 0.0134. The molecule has 3 N–H and O–H groups in total. The maximum Gasteiger partial charge on any atom is 0.248 e. The zero-order valence-corrected chi connectivity index (χ0v) is 13.7. The number of para-hydroxylation sites is 1. The summed E-state index contributed by atoms with van der Waals surface area (Å²) in [5.41, 5.74) is 8.74. The van der Waals surface area contributed by atoms with Crippen LogP contribution in [-0.2, 0) is 11.2 Å². The van der Waals surface area contributed by atoms with Crippen LogP contribution in [0.2, 0.25) is 0 Å². The first-order chi connectivity index (χ1) is 12.1. The minimum Gasteiger partial charge on any atom is -0.368 e. The lowest BCUT2D eigenvalue weighted by Crippen LogP contribution is -2.26. The molecule has 4 rings (SSSR count). The van der Waals surface area contributed by atoms with Crippen LogP contribution in [0.25, 0.3) is 5.82 Å². The number of carbonyl (C=O) groups excluding carboxylic acids is 1. The second-order valence-corrected chi connectivity index (χ2v) is 5.75. The summed E-state index contributed by atoms with van der Waals surface area (Å²) in [4.78, 5) is 22.1. The monoisotopic (exact) mass is 335 g/mol. The largest absolute Gasteiger partial charge is 0.368 e. The number of fused-ring (bicyclic) bond motifs is 1. The van der Waals surface area contributed by atoms with Crippen LogP contribution >= 0.6 is 0 Å². The maximum absolute atomic E-state index is 11.9. The Balaban J connectivity index is 1.69. The van der Waals surface area contributed by atoms with Crippen LogP contribution in [0.15, 0.2) is 42.6 Å². The van der Waals surface area contributed by atoms with E-state index in [-0.39, 0.29) is 11.9 Å². The Morgan fingerprint density at radius 2 is 2.12 bits per heavy atom. The van der Waals surface area contributed by atoms with Gasteiger partial charge in [0.15, 0.2) is 5.82 Å². The van der Waals surface area contributed by atoms with Crippen LogP contribution in [0.1, 0.15) is 12.5 Å². The molecule has 0 atom stereocenters. The van der Waals surface area contributed by atoms with Gasteiger partial charge in [0.1, 0.15) is 0 Å². The molecule has 0 unspecified atom stereocenters. The number of hydrogen-bond acceptors (Lipinski definition) is 6. The number of hydrogen-bond donors (Lipinski definition) is 2. The number of aromatic nitrogens is 4. The van der Waals surface area contributed by atoms with Gasteiger partial charge in [-0.2, -0.15) is 9.67 Å². The standard InChI is InChI=1S/C17H17N7O/c1-11(25)23-10-8-12-5-4-6-13(15(12)23)20-17-21-16(18)24(22-17)14-7-2-3-9-19-14/h2-7,9H,8,10H2,1H3,(H3,18,20,21,22). The molecule has 126 valence electrons. The predicted octanol–water partition coefficient (Wildman–Crippen LogP) is 1.90. The minimum atomic E-state index is 0.0134. The van der Waals surface area contributed by atoms with E-state index in [4.69, 9.17) is 5.73 Å². The first-order valence-corrected chi connectivity index (χ1v) is 7.94. The Hall–Kier alpha value is -3.42. The molecule has 25 heavy (non-hydrogen) atoms. The van der Waals surface area contributed by atoms with E-state index in [1.807, 2.05) is 30.3 Å². The molecule has 0 aliphatic carbocycles. The fourth-order valence-electron chi connectivity index (χ4n) is 3.02. The number of nitrogens with one attached hydrogen (secondary N) is 1. The van der Waals surface area contributed by atoms with E-state index in [0.29, 0.717) is 18.3 Å². The number of anilines is 4. The summed E-state index contributed by atoms with van der Waals surface area (Å²) in [7, 11) is 0. The highest BCUT2D eigenvalue weighted by Gasteiger charge is 2.25. The van der Waals surface area contributed by atoms with Gasteiger partial charge in [0.25, 0.3) is 0 Å². The smallest absolute Gasteiger partial charge is 0.248 e. The predicted molar refractivity (Wildman–Crippen MR) is 95.0 cm³/mol. The maximum atomic E-state index is 11.9. The van der Waals surface area contributed by atoms with Crippen molar-refractivity contribution in [2.45, 2.75) is 13.3 Å². The third-order valence-corrected chi connectivity index (χ3v) is 4.12. The molecule has 8 heteroatoms. The Morgan fingerprint density at radius 1 is 1.24 bits per heavy atom. The van der Waals surface area contributed by atoms with Gasteiger partial charge < -0.3 is 16.0 Å². The van der Waals surface area contributed by atoms with Gasteiger partial charge in [0.2, 0.25) is 17.8 Å². The molecule has 3 heterocycles. The first-order valence-electron chi connectivity index (χ1n) is 7.94. The number of benzene rings is 1. The average Bonchev–Trinajstić information content (AvgIpc) is 3.20. The second-order valence-electron chi connectivity index (χ2n) is 5.75. The van der Waals surface area contributed by atoms with Crippen LogP contribution in [-0.4, -0.2) is 32.2 Å². The van der Waals surface area contributed by atoms with E-state index in [0.717, 1.165) is 23.4 Å². The van der Waals surface area contributed by atoms with Gasteiger partial charge in [-0.05, 0) is 30.2 Å². The van der Waals surface area contributed by atoms with Crippen LogP contribution < -0.4 is 16.0 Å². The number of nitrogens with two attached hydrogens (primary N) is 1. The van der Waals surface area contributed by atoms with Crippen LogP contribution in [0.5, 0.6) is 0 Å². The van der Waals surface area contributed by atoms with Gasteiger partial charge in [0, 0.05) is 19.7 Å².